The van der Waals surface area contributed by atoms with Crippen LogP contribution in [-0.4, -0.2) is 15.0 Å². The van der Waals surface area contributed by atoms with E-state index in [9.17, 15) is 5.26 Å². The summed E-state index contributed by atoms with van der Waals surface area (Å²) in [6.07, 6.45) is 0. The van der Waals surface area contributed by atoms with E-state index in [1.54, 1.807) is 0 Å². The lowest BCUT2D eigenvalue weighted by Gasteiger charge is -2.28. The second-order valence-corrected chi connectivity index (χ2v) is 11.5. The molecule has 6 aromatic rings. The topological polar surface area (TPSA) is 65.7 Å². The van der Waals surface area contributed by atoms with E-state index in [1.807, 2.05) is 90.6 Å². The summed E-state index contributed by atoms with van der Waals surface area (Å²) in [7, 11) is 0. The first-order valence-electron chi connectivity index (χ1n) is 13.8. The van der Waals surface area contributed by atoms with Crippen LogP contribution < -0.4 is 4.90 Å². The highest BCUT2D eigenvalue weighted by Gasteiger charge is 2.46. The van der Waals surface area contributed by atoms with Crippen molar-refractivity contribution in [1.29, 1.82) is 5.26 Å². The highest BCUT2D eigenvalue weighted by Crippen LogP contribution is 2.64. The fourth-order valence-electron chi connectivity index (χ4n) is 5.99. The number of rotatable bonds is 4. The van der Waals surface area contributed by atoms with Gasteiger partial charge in [0.15, 0.2) is 17.5 Å². The second-order valence-electron chi connectivity index (χ2n) is 10.3. The quantitative estimate of drug-likeness (QED) is 0.216. The monoisotopic (exact) mass is 557 g/mol. The fraction of sp³-hybridized carbons (Fsp3) is 0.0556. The van der Waals surface area contributed by atoms with Crippen LogP contribution in [0, 0.1) is 11.3 Å². The van der Waals surface area contributed by atoms with Gasteiger partial charge in [-0.05, 0) is 41.5 Å². The smallest absolute Gasteiger partial charge is 0.164 e. The molecule has 0 bridgehead atoms. The minimum Gasteiger partial charge on any atom is -0.331 e. The molecule has 0 spiro atoms. The molecular formula is C36H23N5S. The molecule has 198 valence electrons. The molecule has 3 heterocycles. The van der Waals surface area contributed by atoms with Crippen molar-refractivity contribution in [2.45, 2.75) is 16.2 Å². The molecule has 0 aliphatic carbocycles. The number of aromatic nitrogens is 3. The Kier molecular flexibility index (Phi) is 5.83. The predicted octanol–water partition coefficient (Wildman–Crippen LogP) is 8.78. The van der Waals surface area contributed by atoms with Crippen LogP contribution in [0.15, 0.2) is 132 Å². The molecule has 0 saturated heterocycles. The normalized spacial score (nSPS) is 16.4. The standard InChI is InChI=1S/C36H23N5S/c37-22-26-21-25(36-39-34(23-11-3-1-4-12-23)38-35(40-36)24-13-5-2-6-14-24)19-20-29(26)41-30-17-9-7-15-27(30)33-32(41)28-16-8-10-18-31(28)42-33/h1-21,32-33H. The van der Waals surface area contributed by atoms with E-state index in [4.69, 9.17) is 15.0 Å². The van der Waals surface area contributed by atoms with Gasteiger partial charge in [0.05, 0.1) is 22.5 Å². The lowest BCUT2D eigenvalue weighted by molar-refractivity contribution is 0.736. The molecule has 1 aromatic heterocycles. The van der Waals surface area contributed by atoms with Gasteiger partial charge in [-0.3, -0.25) is 0 Å². The zero-order valence-corrected chi connectivity index (χ0v) is 23.2. The van der Waals surface area contributed by atoms with E-state index >= 15 is 0 Å². The maximum Gasteiger partial charge on any atom is 0.164 e. The molecular weight excluding hydrogens is 534 g/mol. The van der Waals surface area contributed by atoms with Crippen LogP contribution in [0.25, 0.3) is 34.2 Å². The van der Waals surface area contributed by atoms with E-state index in [0.717, 1.165) is 28.1 Å². The number of nitrogens with zero attached hydrogens (tertiary/aromatic N) is 5. The van der Waals surface area contributed by atoms with Crippen LogP contribution in [0.5, 0.6) is 0 Å². The fourth-order valence-corrected chi connectivity index (χ4v) is 7.47. The van der Waals surface area contributed by atoms with E-state index < -0.39 is 0 Å². The van der Waals surface area contributed by atoms with Gasteiger partial charge in [0.1, 0.15) is 6.07 Å². The van der Waals surface area contributed by atoms with Gasteiger partial charge in [-0.2, -0.15) is 5.26 Å². The zero-order valence-electron chi connectivity index (χ0n) is 22.4. The van der Waals surface area contributed by atoms with Crippen molar-refractivity contribution in [3.05, 3.63) is 144 Å². The molecule has 5 nitrogen and oxygen atoms in total. The third-order valence-electron chi connectivity index (χ3n) is 7.89. The molecule has 0 fully saturated rings. The molecule has 6 heteroatoms. The third-order valence-corrected chi connectivity index (χ3v) is 9.28. The van der Waals surface area contributed by atoms with Crippen molar-refractivity contribution < 1.29 is 0 Å². The van der Waals surface area contributed by atoms with Crippen molar-refractivity contribution in [2.75, 3.05) is 4.90 Å². The molecule has 42 heavy (non-hydrogen) atoms. The van der Waals surface area contributed by atoms with Crippen LogP contribution >= 0.6 is 11.8 Å². The Hall–Kier alpha value is -5.25. The molecule has 2 aliphatic rings. The first-order chi connectivity index (χ1) is 20.8. The number of thioether (sulfide) groups is 1. The minimum atomic E-state index is 0.119. The van der Waals surface area contributed by atoms with Gasteiger partial charge in [0, 0.05) is 27.3 Å². The Morgan fingerprint density at radius 1 is 0.571 bits per heavy atom. The molecule has 0 amide bonds. The van der Waals surface area contributed by atoms with Crippen molar-refractivity contribution in [1.82, 2.24) is 15.0 Å². The third kappa shape index (κ3) is 3.98. The highest BCUT2D eigenvalue weighted by atomic mass is 32.2. The lowest BCUT2D eigenvalue weighted by Crippen LogP contribution is -2.20. The van der Waals surface area contributed by atoms with Gasteiger partial charge in [-0.25, -0.2) is 15.0 Å². The molecule has 0 saturated carbocycles. The Morgan fingerprint density at radius 2 is 1.14 bits per heavy atom. The van der Waals surface area contributed by atoms with E-state index in [0.29, 0.717) is 23.0 Å². The zero-order chi connectivity index (χ0) is 28.0. The number of hydrogen-bond donors (Lipinski definition) is 0. The van der Waals surface area contributed by atoms with Crippen LogP contribution in [-0.2, 0) is 0 Å². The van der Waals surface area contributed by atoms with Crippen molar-refractivity contribution in [3.8, 4) is 40.2 Å². The number of para-hydroxylation sites is 1. The van der Waals surface area contributed by atoms with Crippen LogP contribution in [0.3, 0.4) is 0 Å². The molecule has 2 atom stereocenters. The van der Waals surface area contributed by atoms with Gasteiger partial charge in [-0.15, -0.1) is 11.8 Å². The Balaban J connectivity index is 1.27. The summed E-state index contributed by atoms with van der Waals surface area (Å²) in [6.45, 7) is 0. The van der Waals surface area contributed by atoms with Gasteiger partial charge >= 0.3 is 0 Å². The highest BCUT2D eigenvalue weighted by molar-refractivity contribution is 8.00. The SMILES string of the molecule is N#Cc1cc(-c2nc(-c3ccccc3)nc(-c3ccccc3)n2)ccc1N1c2ccccc2C2Sc3ccccc3C21. The first kappa shape index (κ1) is 24.5. The van der Waals surface area contributed by atoms with Gasteiger partial charge in [0.25, 0.3) is 0 Å². The molecule has 5 aromatic carbocycles. The summed E-state index contributed by atoms with van der Waals surface area (Å²) in [4.78, 5) is 18.2. The molecule has 8 rings (SSSR count). The summed E-state index contributed by atoms with van der Waals surface area (Å²) in [5, 5.41) is 10.7. The van der Waals surface area contributed by atoms with E-state index in [1.165, 1.54) is 16.0 Å². The van der Waals surface area contributed by atoms with Crippen molar-refractivity contribution in [3.63, 3.8) is 0 Å². The molecule has 0 radical (unpaired) electrons. The van der Waals surface area contributed by atoms with Gasteiger partial charge in [-0.1, -0.05) is 97.1 Å². The largest absolute Gasteiger partial charge is 0.331 e. The maximum absolute atomic E-state index is 10.5. The van der Waals surface area contributed by atoms with Gasteiger partial charge in [0.2, 0.25) is 0 Å². The number of nitriles is 1. The molecule has 0 N–H and O–H groups in total. The molecule has 2 unspecified atom stereocenters. The average molecular weight is 558 g/mol. The first-order valence-corrected chi connectivity index (χ1v) is 14.7. The summed E-state index contributed by atoms with van der Waals surface area (Å²) in [5.41, 5.74) is 7.82. The summed E-state index contributed by atoms with van der Waals surface area (Å²) in [5.74, 6) is 1.73. The van der Waals surface area contributed by atoms with Crippen LogP contribution in [0.2, 0.25) is 0 Å². The van der Waals surface area contributed by atoms with Crippen molar-refractivity contribution in [2.24, 2.45) is 0 Å². The average Bonchev–Trinajstić information content (AvgIpc) is 3.60. The second kappa shape index (κ2) is 9.99. The lowest BCUT2D eigenvalue weighted by atomic mass is 10.0. The minimum absolute atomic E-state index is 0.119. The predicted molar refractivity (Wildman–Crippen MR) is 167 cm³/mol. The Bertz CT molecular complexity index is 1940. The number of fused-ring (bicyclic) bond motifs is 5. The summed E-state index contributed by atoms with van der Waals surface area (Å²) >= 11 is 1.91. The Labute approximate surface area is 248 Å². The summed E-state index contributed by atoms with van der Waals surface area (Å²) in [6, 6.07) is 45.6. The van der Waals surface area contributed by atoms with Gasteiger partial charge < -0.3 is 4.90 Å². The maximum atomic E-state index is 10.5. The van der Waals surface area contributed by atoms with E-state index in [2.05, 4.69) is 59.5 Å². The van der Waals surface area contributed by atoms with Crippen molar-refractivity contribution >= 4 is 23.1 Å². The number of benzene rings is 5. The Morgan fingerprint density at radius 3 is 1.81 bits per heavy atom. The number of hydrogen-bond acceptors (Lipinski definition) is 6. The number of anilines is 2. The van der Waals surface area contributed by atoms with E-state index in [-0.39, 0.29) is 11.3 Å². The van der Waals surface area contributed by atoms with Crippen LogP contribution in [0.4, 0.5) is 11.4 Å². The summed E-state index contributed by atoms with van der Waals surface area (Å²) < 4.78 is 0. The van der Waals surface area contributed by atoms with Crippen LogP contribution in [0.1, 0.15) is 28.0 Å². The molecule has 2 aliphatic heterocycles.